The molecule has 2 N–H and O–H groups in total. The standard InChI is InChI=1S/C27H45NO3/c1-7-8-9-21(6)26(29)11-10-24-25-17-22(16-23(25)18-27(24)30)12-14-31-15-13-28(19(2)3)20(4)5/h10-12,19-21,23-27,29-30H,9,13-18H2,1-6H3/t21-,23+,24-,25+,26-,27-/m1/s1. The average Bonchev–Trinajstić information content (AvgIpc) is 3.22. The monoisotopic (exact) mass is 431 g/mol. The van der Waals surface area contributed by atoms with E-state index in [2.05, 4.69) is 56.6 Å². The van der Waals surface area contributed by atoms with Crippen LogP contribution in [0.15, 0.2) is 23.8 Å². The van der Waals surface area contributed by atoms with Gasteiger partial charge in [-0.15, -0.1) is 11.8 Å². The summed E-state index contributed by atoms with van der Waals surface area (Å²) in [7, 11) is 0. The maximum absolute atomic E-state index is 10.6. The van der Waals surface area contributed by atoms with Crippen LogP contribution in [0.25, 0.3) is 0 Å². The summed E-state index contributed by atoms with van der Waals surface area (Å²) in [5.41, 5.74) is 1.47. The lowest BCUT2D eigenvalue weighted by Crippen LogP contribution is -2.39. The number of fused-ring (bicyclic) bond motifs is 1. The summed E-state index contributed by atoms with van der Waals surface area (Å²) in [4.78, 5) is 2.45. The van der Waals surface area contributed by atoms with Crippen molar-refractivity contribution in [2.45, 2.75) is 91.5 Å². The lowest BCUT2D eigenvalue weighted by atomic mass is 9.89. The van der Waals surface area contributed by atoms with E-state index in [4.69, 9.17) is 4.74 Å². The summed E-state index contributed by atoms with van der Waals surface area (Å²) in [6, 6.07) is 1.07. The van der Waals surface area contributed by atoms with Gasteiger partial charge < -0.3 is 14.9 Å². The van der Waals surface area contributed by atoms with E-state index in [-0.39, 0.29) is 17.9 Å². The highest BCUT2D eigenvalue weighted by Crippen LogP contribution is 2.50. The van der Waals surface area contributed by atoms with Gasteiger partial charge in [-0.25, -0.2) is 0 Å². The molecule has 31 heavy (non-hydrogen) atoms. The molecule has 0 saturated heterocycles. The average molecular weight is 432 g/mol. The van der Waals surface area contributed by atoms with E-state index in [1.54, 1.807) is 0 Å². The van der Waals surface area contributed by atoms with Crippen LogP contribution in [0.4, 0.5) is 0 Å². The molecule has 2 aliphatic rings. The number of rotatable bonds is 11. The number of hydrogen-bond acceptors (Lipinski definition) is 4. The van der Waals surface area contributed by atoms with Gasteiger partial charge >= 0.3 is 0 Å². The van der Waals surface area contributed by atoms with Crippen LogP contribution in [0.5, 0.6) is 0 Å². The smallest absolute Gasteiger partial charge is 0.0755 e. The molecule has 0 amide bonds. The predicted molar refractivity (Wildman–Crippen MR) is 129 cm³/mol. The Hall–Kier alpha value is -1.12. The third kappa shape index (κ3) is 7.75. The second kappa shape index (κ2) is 12.8. The van der Waals surface area contributed by atoms with Gasteiger partial charge in [0.05, 0.1) is 25.4 Å². The third-order valence-electron chi connectivity index (χ3n) is 7.14. The van der Waals surface area contributed by atoms with Crippen molar-refractivity contribution in [2.24, 2.45) is 23.7 Å². The fraction of sp³-hybridized carbons (Fsp3) is 0.778. The van der Waals surface area contributed by atoms with E-state index in [0.717, 1.165) is 32.4 Å². The van der Waals surface area contributed by atoms with Crippen molar-refractivity contribution in [1.82, 2.24) is 4.90 Å². The van der Waals surface area contributed by atoms with Gasteiger partial charge in [-0.3, -0.25) is 4.90 Å². The molecule has 0 spiro atoms. The molecule has 6 atom stereocenters. The molecule has 0 unspecified atom stereocenters. The van der Waals surface area contributed by atoms with Crippen LogP contribution < -0.4 is 0 Å². The van der Waals surface area contributed by atoms with Crippen LogP contribution in [0.1, 0.15) is 67.2 Å². The Morgan fingerprint density at radius 1 is 1.16 bits per heavy atom. The summed E-state index contributed by atoms with van der Waals surface area (Å²) in [5.74, 6) is 7.20. The lowest BCUT2D eigenvalue weighted by molar-refractivity contribution is 0.0919. The van der Waals surface area contributed by atoms with E-state index >= 15 is 0 Å². The van der Waals surface area contributed by atoms with Gasteiger partial charge in [0.1, 0.15) is 0 Å². The number of aliphatic hydroxyl groups is 2. The number of hydrogen-bond donors (Lipinski definition) is 2. The Morgan fingerprint density at radius 2 is 1.87 bits per heavy atom. The highest BCUT2D eigenvalue weighted by Gasteiger charge is 2.45. The van der Waals surface area contributed by atoms with E-state index in [9.17, 15) is 10.2 Å². The van der Waals surface area contributed by atoms with E-state index in [1.165, 1.54) is 5.57 Å². The Morgan fingerprint density at radius 3 is 2.52 bits per heavy atom. The number of aliphatic hydroxyl groups excluding tert-OH is 2. The Balaban J connectivity index is 1.81. The zero-order valence-electron chi connectivity index (χ0n) is 20.6. The van der Waals surface area contributed by atoms with Gasteiger partial charge in [0.15, 0.2) is 0 Å². The second-order valence-corrected chi connectivity index (χ2v) is 10.1. The normalized spacial score (nSPS) is 29.2. The molecule has 0 aliphatic heterocycles. The fourth-order valence-electron chi connectivity index (χ4n) is 5.30. The van der Waals surface area contributed by atoms with Crippen molar-refractivity contribution in [3.8, 4) is 11.8 Å². The first-order valence-corrected chi connectivity index (χ1v) is 12.2. The van der Waals surface area contributed by atoms with Crippen molar-refractivity contribution in [1.29, 1.82) is 0 Å². The molecule has 2 aliphatic carbocycles. The molecule has 2 rings (SSSR count). The summed E-state index contributed by atoms with van der Waals surface area (Å²) >= 11 is 0. The third-order valence-corrected chi connectivity index (χ3v) is 7.14. The van der Waals surface area contributed by atoms with Crippen LogP contribution >= 0.6 is 0 Å². The van der Waals surface area contributed by atoms with Crippen LogP contribution in [0.3, 0.4) is 0 Å². The molecule has 0 aromatic carbocycles. The Kier molecular flexibility index (Phi) is 10.8. The first-order valence-electron chi connectivity index (χ1n) is 12.2. The molecule has 2 fully saturated rings. The number of allylic oxidation sites excluding steroid dienone is 1. The van der Waals surface area contributed by atoms with Gasteiger partial charge in [-0.1, -0.05) is 30.7 Å². The topological polar surface area (TPSA) is 52.9 Å². The summed E-state index contributed by atoms with van der Waals surface area (Å²) in [6.07, 6.45) is 9.10. The van der Waals surface area contributed by atoms with Gasteiger partial charge in [-0.2, -0.15) is 0 Å². The number of nitrogens with zero attached hydrogens (tertiary/aromatic N) is 1. The summed E-state index contributed by atoms with van der Waals surface area (Å²) < 4.78 is 5.91. The first-order chi connectivity index (χ1) is 14.7. The van der Waals surface area contributed by atoms with Crippen LogP contribution in [0, 0.1) is 35.5 Å². The molecule has 0 bridgehead atoms. The van der Waals surface area contributed by atoms with Crippen molar-refractivity contribution in [3.63, 3.8) is 0 Å². The van der Waals surface area contributed by atoms with E-state index in [1.807, 2.05) is 19.9 Å². The molecular formula is C27H45NO3. The number of ether oxygens (including phenoxy) is 1. The van der Waals surface area contributed by atoms with Crippen LogP contribution in [-0.2, 0) is 4.74 Å². The van der Waals surface area contributed by atoms with E-state index < -0.39 is 6.10 Å². The Bertz CT molecular complexity index is 649. The largest absolute Gasteiger partial charge is 0.392 e. The SMILES string of the molecule is CC#CC[C@@H](C)[C@H](O)C=C[C@@H]1[C@H]2CC(=CCOCCN(C(C)C)C(C)C)C[C@H]2C[C@H]1O. The van der Waals surface area contributed by atoms with Crippen molar-refractivity contribution < 1.29 is 14.9 Å². The zero-order chi connectivity index (χ0) is 23.0. The molecule has 0 radical (unpaired) electrons. The molecule has 0 aromatic rings. The molecular weight excluding hydrogens is 386 g/mol. The maximum atomic E-state index is 10.6. The quantitative estimate of drug-likeness (QED) is 0.289. The molecule has 0 aromatic heterocycles. The molecule has 176 valence electrons. The Labute approximate surface area is 190 Å². The highest BCUT2D eigenvalue weighted by molar-refractivity contribution is 5.18. The molecule has 4 heteroatoms. The fourth-order valence-corrected chi connectivity index (χ4v) is 5.30. The van der Waals surface area contributed by atoms with Crippen LogP contribution in [0.2, 0.25) is 0 Å². The molecule has 0 heterocycles. The van der Waals surface area contributed by atoms with Crippen molar-refractivity contribution in [3.05, 3.63) is 23.8 Å². The minimum Gasteiger partial charge on any atom is -0.392 e. The zero-order valence-corrected chi connectivity index (χ0v) is 20.6. The van der Waals surface area contributed by atoms with Crippen LogP contribution in [-0.4, -0.2) is 59.2 Å². The summed E-state index contributed by atoms with van der Waals surface area (Å²) in [5, 5.41) is 20.9. The predicted octanol–water partition coefficient (Wildman–Crippen LogP) is 4.42. The minimum absolute atomic E-state index is 0.108. The van der Waals surface area contributed by atoms with Crippen molar-refractivity contribution >= 4 is 0 Å². The van der Waals surface area contributed by atoms with Crippen molar-refractivity contribution in [2.75, 3.05) is 19.8 Å². The van der Waals surface area contributed by atoms with E-state index in [0.29, 0.717) is 36.9 Å². The van der Waals surface area contributed by atoms with Gasteiger partial charge in [-0.05, 0) is 71.6 Å². The maximum Gasteiger partial charge on any atom is 0.0755 e. The summed E-state index contributed by atoms with van der Waals surface area (Å²) in [6.45, 7) is 15.2. The highest BCUT2D eigenvalue weighted by atomic mass is 16.5. The minimum atomic E-state index is -0.506. The molecule has 2 saturated carbocycles. The van der Waals surface area contributed by atoms with Gasteiger partial charge in [0.2, 0.25) is 0 Å². The lowest BCUT2D eigenvalue weighted by Gasteiger charge is -2.30. The first kappa shape index (κ1) is 26.1. The van der Waals surface area contributed by atoms with Gasteiger partial charge in [0.25, 0.3) is 0 Å². The second-order valence-electron chi connectivity index (χ2n) is 10.1. The van der Waals surface area contributed by atoms with Gasteiger partial charge in [0, 0.05) is 31.0 Å². The molecule has 4 nitrogen and oxygen atoms in total.